The molecule has 1 unspecified atom stereocenters. The summed E-state index contributed by atoms with van der Waals surface area (Å²) >= 11 is 0. The molecule has 3 heterocycles. The predicted octanol–water partition coefficient (Wildman–Crippen LogP) is 3.58. The minimum absolute atomic E-state index is 0.101. The predicted molar refractivity (Wildman–Crippen MR) is 123 cm³/mol. The van der Waals surface area contributed by atoms with Gasteiger partial charge in [0, 0.05) is 38.9 Å². The molecule has 10 heteroatoms. The van der Waals surface area contributed by atoms with Crippen molar-refractivity contribution in [3.05, 3.63) is 52.7 Å². The number of piperazine rings is 1. The zero-order valence-corrected chi connectivity index (χ0v) is 19.2. The molecule has 34 heavy (non-hydrogen) atoms. The van der Waals surface area contributed by atoms with Crippen molar-refractivity contribution in [1.82, 2.24) is 15.2 Å². The number of benzene rings is 1. The highest BCUT2D eigenvalue weighted by molar-refractivity contribution is 6.06. The van der Waals surface area contributed by atoms with E-state index in [0.29, 0.717) is 42.3 Å². The number of rotatable bonds is 6. The third kappa shape index (κ3) is 4.72. The fraction of sp³-hybridized carbons (Fsp3) is 0.458. The van der Waals surface area contributed by atoms with Gasteiger partial charge in [0.2, 0.25) is 5.91 Å². The SMILES string of the molecule is CCCCNC(=O)c1cnc2c(c1C)NC(=O)C1CN(Cc3ccccc3C(F)(F)F)CCN21. The molecule has 1 aromatic heterocycles. The number of amides is 2. The minimum atomic E-state index is -4.43. The van der Waals surface area contributed by atoms with Gasteiger partial charge in [-0.3, -0.25) is 14.5 Å². The Kier molecular flexibility index (Phi) is 6.79. The Morgan fingerprint density at radius 2 is 2.03 bits per heavy atom. The lowest BCUT2D eigenvalue weighted by Gasteiger charge is -2.44. The van der Waals surface area contributed by atoms with Crippen LogP contribution in [-0.4, -0.2) is 53.9 Å². The van der Waals surface area contributed by atoms with Gasteiger partial charge in [0.15, 0.2) is 5.82 Å². The third-order valence-electron chi connectivity index (χ3n) is 6.38. The first-order valence-electron chi connectivity index (χ1n) is 11.4. The molecule has 1 aromatic carbocycles. The van der Waals surface area contributed by atoms with Crippen LogP contribution in [0.4, 0.5) is 24.7 Å². The Balaban J connectivity index is 1.52. The normalized spacial score (nSPS) is 18.2. The monoisotopic (exact) mass is 475 g/mol. The van der Waals surface area contributed by atoms with E-state index in [1.54, 1.807) is 13.0 Å². The van der Waals surface area contributed by atoms with Gasteiger partial charge in [0.25, 0.3) is 5.91 Å². The number of carbonyl (C=O) groups is 2. The molecule has 2 aliphatic rings. The Labute approximate surface area is 196 Å². The van der Waals surface area contributed by atoms with Crippen LogP contribution in [-0.2, 0) is 17.5 Å². The van der Waals surface area contributed by atoms with Gasteiger partial charge in [-0.25, -0.2) is 4.98 Å². The van der Waals surface area contributed by atoms with Gasteiger partial charge in [-0.1, -0.05) is 31.5 Å². The standard InChI is InChI=1S/C24H28F3N5O2/c1-3-4-9-28-22(33)17-12-29-21-20(15(17)2)30-23(34)19-14-31(10-11-32(19)21)13-16-7-5-6-8-18(16)24(25,26)27/h5-8,12,19H,3-4,9-11,13-14H2,1-2H3,(H,28,33)(H,30,34). The Hall–Kier alpha value is -3.14. The largest absolute Gasteiger partial charge is 0.416 e. The van der Waals surface area contributed by atoms with E-state index in [4.69, 9.17) is 0 Å². The van der Waals surface area contributed by atoms with Crippen molar-refractivity contribution in [2.45, 2.75) is 45.5 Å². The van der Waals surface area contributed by atoms with Crippen LogP contribution in [0.5, 0.6) is 0 Å². The molecular weight excluding hydrogens is 447 g/mol. The van der Waals surface area contributed by atoms with Crippen LogP contribution in [0.25, 0.3) is 0 Å². The van der Waals surface area contributed by atoms with Gasteiger partial charge in [-0.2, -0.15) is 13.2 Å². The summed E-state index contributed by atoms with van der Waals surface area (Å²) in [6, 6.07) is 4.95. The van der Waals surface area contributed by atoms with Gasteiger partial charge in [-0.15, -0.1) is 0 Å². The minimum Gasteiger partial charge on any atom is -0.352 e. The maximum atomic E-state index is 13.4. The molecule has 2 amide bonds. The lowest BCUT2D eigenvalue weighted by molar-refractivity contribution is -0.138. The topological polar surface area (TPSA) is 77.6 Å². The molecule has 1 fully saturated rings. The molecule has 1 saturated heterocycles. The number of nitrogens with one attached hydrogen (secondary N) is 2. The molecule has 2 N–H and O–H groups in total. The van der Waals surface area contributed by atoms with Crippen molar-refractivity contribution >= 4 is 23.3 Å². The van der Waals surface area contributed by atoms with E-state index < -0.39 is 17.8 Å². The molecule has 2 aromatic rings. The highest BCUT2D eigenvalue weighted by Crippen LogP contribution is 2.37. The summed E-state index contributed by atoms with van der Waals surface area (Å²) in [5.41, 5.74) is 1.11. The first-order valence-corrected chi connectivity index (χ1v) is 11.4. The van der Waals surface area contributed by atoms with Crippen LogP contribution in [0, 0.1) is 6.92 Å². The lowest BCUT2D eigenvalue weighted by Crippen LogP contribution is -2.60. The van der Waals surface area contributed by atoms with Gasteiger partial charge in [0.1, 0.15) is 6.04 Å². The van der Waals surface area contributed by atoms with Crippen LogP contribution in [0.1, 0.15) is 46.8 Å². The van der Waals surface area contributed by atoms with Gasteiger partial charge in [-0.05, 0) is 30.5 Å². The summed E-state index contributed by atoms with van der Waals surface area (Å²) in [6.45, 7) is 5.68. The number of aromatic nitrogens is 1. The summed E-state index contributed by atoms with van der Waals surface area (Å²) in [5, 5.41) is 5.75. The highest BCUT2D eigenvalue weighted by atomic mass is 19.4. The Morgan fingerprint density at radius 3 is 2.76 bits per heavy atom. The first-order chi connectivity index (χ1) is 16.2. The molecule has 0 aliphatic carbocycles. The van der Waals surface area contributed by atoms with Crippen molar-refractivity contribution in [2.75, 3.05) is 36.4 Å². The molecule has 0 radical (unpaired) electrons. The summed E-state index contributed by atoms with van der Waals surface area (Å²) in [5.74, 6) is 0.100. The zero-order valence-electron chi connectivity index (χ0n) is 19.2. The van der Waals surface area contributed by atoms with Crippen molar-refractivity contribution in [3.8, 4) is 0 Å². The molecule has 7 nitrogen and oxygen atoms in total. The van der Waals surface area contributed by atoms with E-state index in [0.717, 1.165) is 18.9 Å². The zero-order chi connectivity index (χ0) is 24.5. The van der Waals surface area contributed by atoms with Gasteiger partial charge < -0.3 is 15.5 Å². The molecule has 182 valence electrons. The number of anilines is 2. The summed E-state index contributed by atoms with van der Waals surface area (Å²) in [6.07, 6.45) is -1.07. The Bertz CT molecular complexity index is 1090. The van der Waals surface area contributed by atoms with Crippen LogP contribution >= 0.6 is 0 Å². The van der Waals surface area contributed by atoms with Crippen molar-refractivity contribution in [2.24, 2.45) is 0 Å². The number of nitrogens with zero attached hydrogens (tertiary/aromatic N) is 3. The van der Waals surface area contributed by atoms with Gasteiger partial charge >= 0.3 is 6.18 Å². The average Bonchev–Trinajstić information content (AvgIpc) is 2.80. The number of unbranched alkanes of at least 4 members (excludes halogenated alkanes) is 1. The summed E-state index contributed by atoms with van der Waals surface area (Å²) in [7, 11) is 0. The molecule has 1 atom stereocenters. The number of hydrogen-bond acceptors (Lipinski definition) is 5. The number of carbonyl (C=O) groups excluding carboxylic acids is 2. The van der Waals surface area contributed by atoms with Crippen molar-refractivity contribution < 1.29 is 22.8 Å². The van der Waals surface area contributed by atoms with Gasteiger partial charge in [0.05, 0.1) is 16.8 Å². The average molecular weight is 476 g/mol. The lowest BCUT2D eigenvalue weighted by atomic mass is 10.0. The number of pyridine rings is 1. The van der Waals surface area contributed by atoms with Crippen LogP contribution < -0.4 is 15.5 Å². The number of fused-ring (bicyclic) bond motifs is 3. The van der Waals surface area contributed by atoms with E-state index in [1.807, 2.05) is 16.7 Å². The molecule has 4 rings (SSSR count). The third-order valence-corrected chi connectivity index (χ3v) is 6.38. The van der Waals surface area contributed by atoms with Crippen molar-refractivity contribution in [3.63, 3.8) is 0 Å². The molecule has 2 aliphatic heterocycles. The summed E-state index contributed by atoms with van der Waals surface area (Å²) < 4.78 is 40.2. The maximum Gasteiger partial charge on any atom is 0.416 e. The van der Waals surface area contributed by atoms with E-state index in [1.165, 1.54) is 18.3 Å². The highest BCUT2D eigenvalue weighted by Gasteiger charge is 2.40. The second-order valence-corrected chi connectivity index (χ2v) is 8.69. The second-order valence-electron chi connectivity index (χ2n) is 8.69. The molecule has 0 spiro atoms. The number of hydrogen-bond donors (Lipinski definition) is 2. The molecule has 0 bridgehead atoms. The van der Waals surface area contributed by atoms with Crippen LogP contribution in [0.2, 0.25) is 0 Å². The van der Waals surface area contributed by atoms with E-state index >= 15 is 0 Å². The molecular formula is C24H28F3N5O2. The fourth-order valence-corrected chi connectivity index (χ4v) is 4.50. The van der Waals surface area contributed by atoms with E-state index in [2.05, 4.69) is 15.6 Å². The number of alkyl halides is 3. The quantitative estimate of drug-likeness (QED) is 0.625. The van der Waals surface area contributed by atoms with Crippen molar-refractivity contribution in [1.29, 1.82) is 0 Å². The maximum absolute atomic E-state index is 13.4. The van der Waals surface area contributed by atoms with E-state index in [9.17, 15) is 22.8 Å². The second kappa shape index (κ2) is 9.61. The number of halogens is 3. The van der Waals surface area contributed by atoms with E-state index in [-0.39, 0.29) is 30.5 Å². The fourth-order valence-electron chi connectivity index (χ4n) is 4.50. The Morgan fingerprint density at radius 1 is 1.26 bits per heavy atom. The van der Waals surface area contributed by atoms with Crippen LogP contribution in [0.15, 0.2) is 30.5 Å². The first kappa shape index (κ1) is 24.0. The smallest absolute Gasteiger partial charge is 0.352 e. The molecule has 0 saturated carbocycles. The van der Waals surface area contributed by atoms with Crippen LogP contribution in [0.3, 0.4) is 0 Å². The summed E-state index contributed by atoms with van der Waals surface area (Å²) in [4.78, 5) is 33.7.